The Balaban J connectivity index is 2.16. The van der Waals surface area contributed by atoms with Gasteiger partial charge in [-0.1, -0.05) is 11.8 Å². The lowest BCUT2D eigenvalue weighted by Crippen LogP contribution is -2.26. The highest BCUT2D eigenvalue weighted by atomic mass is 32.2. The minimum Gasteiger partial charge on any atom is -0.258 e. The smallest absolute Gasteiger partial charge is 0.177 e. The predicted molar refractivity (Wildman–Crippen MR) is 78.5 cm³/mol. The van der Waals surface area contributed by atoms with E-state index in [4.69, 9.17) is 0 Å². The Morgan fingerprint density at radius 2 is 2.18 bits per heavy atom. The Hall–Kier alpha value is -0.810. The number of nitrogens with zero attached hydrogens (tertiary/aromatic N) is 2. The van der Waals surface area contributed by atoms with E-state index in [1.165, 1.54) is 15.3 Å². The summed E-state index contributed by atoms with van der Waals surface area (Å²) < 4.78 is 0. The molecule has 1 aliphatic heterocycles. The maximum atomic E-state index is 4.46. The van der Waals surface area contributed by atoms with E-state index >= 15 is 0 Å². The van der Waals surface area contributed by atoms with E-state index < -0.39 is 0 Å². The van der Waals surface area contributed by atoms with Gasteiger partial charge < -0.3 is 0 Å². The molecule has 1 aromatic heterocycles. The molecule has 0 aliphatic carbocycles. The van der Waals surface area contributed by atoms with Crippen LogP contribution in [0.1, 0.15) is 29.2 Å². The van der Waals surface area contributed by atoms with Crippen molar-refractivity contribution in [3.05, 3.63) is 21.4 Å². The van der Waals surface area contributed by atoms with Gasteiger partial charge in [0.1, 0.15) is 0 Å². The van der Waals surface area contributed by atoms with E-state index in [-0.39, 0.29) is 0 Å². The maximum Gasteiger partial charge on any atom is 0.177 e. The second kappa shape index (κ2) is 5.23. The van der Waals surface area contributed by atoms with E-state index in [1.54, 1.807) is 11.8 Å². The number of amidine groups is 1. The molecule has 0 atom stereocenters. The SMILES string of the molecule is Cc1cc(C2=NNC(=NC(C)C)SC2)c(C)s1. The van der Waals surface area contributed by atoms with Gasteiger partial charge in [-0.15, -0.1) is 11.3 Å². The average Bonchev–Trinajstić information content (AvgIpc) is 2.58. The summed E-state index contributed by atoms with van der Waals surface area (Å²) in [5.41, 5.74) is 5.44. The van der Waals surface area contributed by atoms with Crippen molar-refractivity contribution in [3.8, 4) is 0 Å². The summed E-state index contributed by atoms with van der Waals surface area (Å²) >= 11 is 3.55. The molecule has 0 aromatic carbocycles. The molecule has 1 N–H and O–H groups in total. The molecular weight excluding hydrogens is 250 g/mol. The largest absolute Gasteiger partial charge is 0.258 e. The van der Waals surface area contributed by atoms with Crippen LogP contribution in [0.2, 0.25) is 0 Å². The second-order valence-corrected chi connectivity index (χ2v) is 6.74. The van der Waals surface area contributed by atoms with Crippen LogP contribution in [0.15, 0.2) is 16.2 Å². The van der Waals surface area contributed by atoms with E-state index in [0.717, 1.165) is 16.6 Å². The molecule has 92 valence electrons. The van der Waals surface area contributed by atoms with Gasteiger partial charge in [0.15, 0.2) is 5.17 Å². The number of rotatable bonds is 2. The third kappa shape index (κ3) is 3.10. The quantitative estimate of drug-likeness (QED) is 0.893. The number of thiophene rings is 1. The van der Waals surface area contributed by atoms with Crippen molar-refractivity contribution in [1.82, 2.24) is 5.43 Å². The third-order valence-electron chi connectivity index (χ3n) is 2.36. The van der Waals surface area contributed by atoms with Crippen LogP contribution in [0.5, 0.6) is 0 Å². The second-order valence-electron chi connectivity index (χ2n) is 4.31. The van der Waals surface area contributed by atoms with Crippen LogP contribution in [-0.2, 0) is 0 Å². The fourth-order valence-corrected chi connectivity index (χ4v) is 3.51. The topological polar surface area (TPSA) is 36.8 Å². The highest BCUT2D eigenvalue weighted by Gasteiger charge is 2.16. The molecule has 0 spiro atoms. The molecule has 2 heterocycles. The number of aryl methyl sites for hydroxylation is 2. The van der Waals surface area contributed by atoms with Crippen molar-refractivity contribution in [2.45, 2.75) is 33.7 Å². The molecule has 0 bridgehead atoms. The number of aliphatic imine (C=N–C) groups is 1. The molecule has 0 radical (unpaired) electrons. The predicted octanol–water partition coefficient (Wildman–Crippen LogP) is 3.17. The van der Waals surface area contributed by atoms with Crippen molar-refractivity contribution < 1.29 is 0 Å². The van der Waals surface area contributed by atoms with Crippen LogP contribution in [0.3, 0.4) is 0 Å². The van der Waals surface area contributed by atoms with Gasteiger partial charge >= 0.3 is 0 Å². The van der Waals surface area contributed by atoms with Gasteiger partial charge in [0.2, 0.25) is 0 Å². The van der Waals surface area contributed by atoms with Crippen molar-refractivity contribution >= 4 is 34.0 Å². The Bertz CT molecular complexity index is 472. The molecule has 3 nitrogen and oxygen atoms in total. The van der Waals surface area contributed by atoms with Crippen molar-refractivity contribution in [2.24, 2.45) is 10.1 Å². The van der Waals surface area contributed by atoms with Crippen LogP contribution < -0.4 is 5.43 Å². The number of hydrogen-bond acceptors (Lipinski definition) is 4. The van der Waals surface area contributed by atoms with E-state index in [9.17, 15) is 0 Å². The molecule has 1 aliphatic rings. The molecule has 0 amide bonds. The Morgan fingerprint density at radius 3 is 2.65 bits per heavy atom. The summed E-state index contributed by atoms with van der Waals surface area (Å²) in [5, 5.41) is 5.35. The zero-order valence-electron chi connectivity index (χ0n) is 10.6. The first-order chi connectivity index (χ1) is 8.06. The van der Waals surface area contributed by atoms with Gasteiger partial charge in [0, 0.05) is 27.1 Å². The van der Waals surface area contributed by atoms with Gasteiger partial charge in [-0.3, -0.25) is 10.4 Å². The zero-order valence-corrected chi connectivity index (χ0v) is 12.2. The van der Waals surface area contributed by atoms with Crippen molar-refractivity contribution in [2.75, 3.05) is 5.75 Å². The summed E-state index contributed by atoms with van der Waals surface area (Å²) in [6.45, 7) is 8.43. The molecule has 1 aromatic rings. The highest BCUT2D eigenvalue weighted by Crippen LogP contribution is 2.24. The minimum atomic E-state index is 0.312. The lowest BCUT2D eigenvalue weighted by molar-refractivity contribution is 0.826. The van der Waals surface area contributed by atoms with Crippen LogP contribution >= 0.6 is 23.1 Å². The zero-order chi connectivity index (χ0) is 12.4. The van der Waals surface area contributed by atoms with Gasteiger partial charge in [-0.05, 0) is 33.8 Å². The molecule has 5 heteroatoms. The fourth-order valence-electron chi connectivity index (χ4n) is 1.67. The van der Waals surface area contributed by atoms with Gasteiger partial charge in [0.05, 0.1) is 5.71 Å². The molecular formula is C12H17N3S2. The summed E-state index contributed by atoms with van der Waals surface area (Å²) in [6, 6.07) is 2.53. The summed E-state index contributed by atoms with van der Waals surface area (Å²) in [6.07, 6.45) is 0. The van der Waals surface area contributed by atoms with Crippen LogP contribution in [0.25, 0.3) is 0 Å². The summed E-state index contributed by atoms with van der Waals surface area (Å²) in [5.74, 6) is 0.898. The van der Waals surface area contributed by atoms with Crippen LogP contribution in [0.4, 0.5) is 0 Å². The Morgan fingerprint density at radius 1 is 1.41 bits per heavy atom. The molecule has 0 unspecified atom stereocenters. The number of thioether (sulfide) groups is 1. The monoisotopic (exact) mass is 267 g/mol. The molecule has 0 saturated heterocycles. The highest BCUT2D eigenvalue weighted by molar-refractivity contribution is 8.14. The van der Waals surface area contributed by atoms with E-state index in [1.807, 2.05) is 11.3 Å². The number of hydrogen-bond donors (Lipinski definition) is 1. The molecule has 17 heavy (non-hydrogen) atoms. The maximum absolute atomic E-state index is 4.46. The fraction of sp³-hybridized carbons (Fsp3) is 0.500. The standard InChI is InChI=1S/C12H17N3S2/c1-7(2)13-12-15-14-11(6-16-12)10-5-8(3)17-9(10)4/h5,7H,6H2,1-4H3,(H,13,15). The summed E-state index contributed by atoms with van der Waals surface area (Å²) in [7, 11) is 0. The molecule has 0 fully saturated rings. The van der Waals surface area contributed by atoms with Gasteiger partial charge in [0.25, 0.3) is 0 Å². The van der Waals surface area contributed by atoms with Gasteiger partial charge in [-0.2, -0.15) is 5.10 Å². The lowest BCUT2D eigenvalue weighted by Gasteiger charge is -2.15. The van der Waals surface area contributed by atoms with Gasteiger partial charge in [-0.25, -0.2) is 0 Å². The van der Waals surface area contributed by atoms with Crippen LogP contribution in [-0.4, -0.2) is 22.7 Å². The number of hydrazone groups is 1. The first kappa shape index (κ1) is 12.6. The minimum absolute atomic E-state index is 0.312. The Kier molecular flexibility index (Phi) is 3.89. The number of nitrogens with one attached hydrogen (secondary N) is 1. The summed E-state index contributed by atoms with van der Waals surface area (Å²) in [4.78, 5) is 7.14. The van der Waals surface area contributed by atoms with Crippen molar-refractivity contribution in [1.29, 1.82) is 0 Å². The average molecular weight is 267 g/mol. The lowest BCUT2D eigenvalue weighted by atomic mass is 10.2. The van der Waals surface area contributed by atoms with Crippen molar-refractivity contribution in [3.63, 3.8) is 0 Å². The third-order valence-corrected chi connectivity index (χ3v) is 4.21. The normalized spacial score (nSPS) is 18.4. The van der Waals surface area contributed by atoms with E-state index in [2.05, 4.69) is 49.3 Å². The first-order valence-electron chi connectivity index (χ1n) is 5.67. The molecule has 0 saturated carbocycles. The molecule has 2 rings (SSSR count). The van der Waals surface area contributed by atoms with E-state index in [0.29, 0.717) is 6.04 Å². The first-order valence-corrected chi connectivity index (χ1v) is 7.47. The Labute approximate surface area is 110 Å². The van der Waals surface area contributed by atoms with Crippen LogP contribution in [0, 0.1) is 13.8 Å².